The van der Waals surface area contributed by atoms with E-state index >= 15 is 0 Å². The maximum atomic E-state index is 13.9. The summed E-state index contributed by atoms with van der Waals surface area (Å²) in [4.78, 5) is 18.4. The molecule has 7 nitrogen and oxygen atoms in total. The Kier molecular flexibility index (Phi) is 4.67. The number of aryl methyl sites for hydroxylation is 1. The molecule has 4 saturated carbocycles. The van der Waals surface area contributed by atoms with E-state index in [1.165, 1.54) is 38.5 Å². The van der Waals surface area contributed by atoms with E-state index in [9.17, 15) is 4.79 Å². The molecule has 35 heavy (non-hydrogen) atoms. The fourth-order valence-electron chi connectivity index (χ4n) is 8.02. The minimum Gasteiger partial charge on any atom is -0.454 e. The summed E-state index contributed by atoms with van der Waals surface area (Å²) < 4.78 is 16.6. The average molecular weight is 474 g/mol. The topological polar surface area (TPSA) is 86.5 Å². The number of benzene rings is 1. The van der Waals surface area contributed by atoms with Crippen LogP contribution in [0.25, 0.3) is 22.4 Å². The molecule has 3 heterocycles. The van der Waals surface area contributed by atoms with E-state index in [-0.39, 0.29) is 24.2 Å². The van der Waals surface area contributed by atoms with Crippen molar-refractivity contribution in [1.29, 1.82) is 0 Å². The van der Waals surface area contributed by atoms with Crippen molar-refractivity contribution in [3.05, 3.63) is 35.5 Å². The molecule has 2 aromatic heterocycles. The summed E-state index contributed by atoms with van der Waals surface area (Å²) in [6, 6.07) is 7.69. The third-order valence-electron chi connectivity index (χ3n) is 9.00. The molecule has 4 fully saturated rings. The maximum absolute atomic E-state index is 13.9. The highest BCUT2D eigenvalue weighted by Crippen LogP contribution is 2.61. The van der Waals surface area contributed by atoms with Crippen LogP contribution in [0.2, 0.25) is 0 Å². The van der Waals surface area contributed by atoms with Crippen molar-refractivity contribution in [2.24, 2.45) is 23.2 Å². The lowest BCUT2D eigenvalue weighted by Gasteiger charge is -2.59. The molecule has 3 aromatic rings. The summed E-state index contributed by atoms with van der Waals surface area (Å²) in [5, 5.41) is 8.45. The number of hydrogen-bond acceptors (Lipinski definition) is 6. The van der Waals surface area contributed by atoms with Crippen LogP contribution in [0.1, 0.15) is 67.9 Å². The van der Waals surface area contributed by atoms with E-state index in [4.69, 9.17) is 14.0 Å². The van der Waals surface area contributed by atoms with Gasteiger partial charge in [0.2, 0.25) is 6.79 Å². The van der Waals surface area contributed by atoms with Crippen LogP contribution in [0.4, 0.5) is 0 Å². The highest BCUT2D eigenvalue weighted by Gasteiger charge is 2.54. The Bertz CT molecular complexity index is 1290. The number of aromatic nitrogens is 2. The van der Waals surface area contributed by atoms with Crippen molar-refractivity contribution in [3.8, 4) is 22.8 Å². The fourth-order valence-corrected chi connectivity index (χ4v) is 8.02. The summed E-state index contributed by atoms with van der Waals surface area (Å²) in [6.07, 6.45) is 8.92. The van der Waals surface area contributed by atoms with Crippen molar-refractivity contribution in [2.45, 2.75) is 64.8 Å². The molecule has 5 aliphatic rings. The largest absolute Gasteiger partial charge is 0.454 e. The average Bonchev–Trinajstić information content (AvgIpc) is 3.47. The van der Waals surface area contributed by atoms with E-state index in [1.807, 2.05) is 31.2 Å². The number of amides is 1. The highest BCUT2D eigenvalue weighted by atomic mass is 16.7. The second-order valence-electron chi connectivity index (χ2n) is 11.3. The molecule has 1 N–H and O–H groups in total. The van der Waals surface area contributed by atoms with Crippen LogP contribution in [-0.2, 0) is 0 Å². The van der Waals surface area contributed by atoms with Crippen LogP contribution in [0, 0.1) is 30.1 Å². The zero-order chi connectivity index (χ0) is 23.7. The lowest BCUT2D eigenvalue weighted by Crippen LogP contribution is -2.56. The first-order valence-electron chi connectivity index (χ1n) is 13.0. The molecule has 1 aromatic carbocycles. The van der Waals surface area contributed by atoms with Gasteiger partial charge in [0, 0.05) is 17.3 Å². The molecule has 1 aliphatic heterocycles. The predicted octanol–water partition coefficient (Wildman–Crippen LogP) is 5.65. The van der Waals surface area contributed by atoms with Crippen LogP contribution < -0.4 is 14.8 Å². The molecule has 1 unspecified atom stereocenters. The quantitative estimate of drug-likeness (QED) is 0.515. The van der Waals surface area contributed by atoms with Gasteiger partial charge >= 0.3 is 0 Å². The Balaban J connectivity index is 1.25. The number of rotatable bonds is 5. The number of nitrogens with zero attached hydrogens (tertiary/aromatic N) is 2. The monoisotopic (exact) mass is 473 g/mol. The summed E-state index contributed by atoms with van der Waals surface area (Å²) in [5.41, 5.74) is 3.34. The Morgan fingerprint density at radius 3 is 2.51 bits per heavy atom. The fraction of sp³-hybridized carbons (Fsp3) is 0.536. The van der Waals surface area contributed by atoms with E-state index in [1.54, 1.807) is 0 Å². The van der Waals surface area contributed by atoms with Crippen LogP contribution >= 0.6 is 0 Å². The van der Waals surface area contributed by atoms with E-state index in [0.29, 0.717) is 33.9 Å². The Labute approximate surface area is 204 Å². The van der Waals surface area contributed by atoms with Gasteiger partial charge in [-0.1, -0.05) is 12.1 Å². The molecular formula is C28H31N3O4. The van der Waals surface area contributed by atoms with E-state index in [0.717, 1.165) is 35.4 Å². The second kappa shape index (κ2) is 7.70. The number of hydrogen-bond donors (Lipinski definition) is 1. The number of fused-ring (bicyclic) bond motifs is 2. The maximum Gasteiger partial charge on any atom is 0.259 e. The van der Waals surface area contributed by atoms with Gasteiger partial charge in [-0.15, -0.1) is 0 Å². The zero-order valence-electron chi connectivity index (χ0n) is 20.3. The van der Waals surface area contributed by atoms with Crippen LogP contribution in [0.3, 0.4) is 0 Å². The van der Waals surface area contributed by atoms with Gasteiger partial charge in [0.15, 0.2) is 11.5 Å². The molecule has 0 radical (unpaired) electrons. The number of ether oxygens (including phenoxy) is 2. The van der Waals surface area contributed by atoms with Gasteiger partial charge in [0.25, 0.3) is 11.6 Å². The SMILES string of the molecule is CCC(NC(=O)c1cc(C)nc2onc(-c3ccc4c(c3)OCO4)c12)C12CC3CC(CC(C3)C1)C2. The number of nitrogens with one attached hydrogen (secondary N) is 1. The number of carbonyl (C=O) groups excluding carboxylic acids is 1. The van der Waals surface area contributed by atoms with Crippen molar-refractivity contribution in [1.82, 2.24) is 15.5 Å². The molecule has 8 rings (SSSR count). The highest BCUT2D eigenvalue weighted by molar-refractivity contribution is 6.09. The molecule has 1 atom stereocenters. The lowest BCUT2D eigenvalue weighted by atomic mass is 9.47. The van der Waals surface area contributed by atoms with Gasteiger partial charge in [-0.05, 0) is 99.3 Å². The van der Waals surface area contributed by atoms with Crippen molar-refractivity contribution < 1.29 is 18.8 Å². The first-order chi connectivity index (χ1) is 17.0. The van der Waals surface area contributed by atoms with Crippen molar-refractivity contribution >= 4 is 17.0 Å². The summed E-state index contributed by atoms with van der Waals surface area (Å²) in [5.74, 6) is 3.84. The minimum absolute atomic E-state index is 0.0618. The Hall–Kier alpha value is -3.09. The molecule has 4 bridgehead atoms. The Morgan fingerprint density at radius 2 is 1.80 bits per heavy atom. The summed E-state index contributed by atoms with van der Waals surface area (Å²) in [6.45, 7) is 4.30. The van der Waals surface area contributed by atoms with Gasteiger partial charge in [-0.25, -0.2) is 4.98 Å². The van der Waals surface area contributed by atoms with Crippen molar-refractivity contribution in [2.75, 3.05) is 6.79 Å². The minimum atomic E-state index is -0.0618. The first kappa shape index (κ1) is 21.2. The molecular weight excluding hydrogens is 442 g/mol. The lowest BCUT2D eigenvalue weighted by molar-refractivity contribution is -0.0727. The van der Waals surface area contributed by atoms with Crippen LogP contribution in [-0.4, -0.2) is 28.9 Å². The molecule has 0 saturated heterocycles. The third kappa shape index (κ3) is 3.34. The van der Waals surface area contributed by atoms with Gasteiger partial charge in [-0.3, -0.25) is 4.79 Å². The van der Waals surface area contributed by atoms with Gasteiger partial charge in [0.1, 0.15) is 5.69 Å². The summed E-state index contributed by atoms with van der Waals surface area (Å²) in [7, 11) is 0. The molecule has 182 valence electrons. The molecule has 1 amide bonds. The standard InChI is InChI=1S/C28H31N3O4/c1-3-23(28-11-16-7-17(12-28)9-18(8-16)13-28)30-26(32)20-6-15(2)29-27-24(20)25(31-35-27)19-4-5-21-22(10-19)34-14-33-21/h4-6,10,16-18,23H,3,7-9,11-14H2,1-2H3,(H,30,32). The van der Waals surface area contributed by atoms with Gasteiger partial charge < -0.3 is 19.3 Å². The molecule has 4 aliphatic carbocycles. The van der Waals surface area contributed by atoms with Gasteiger partial charge in [-0.2, -0.15) is 0 Å². The Morgan fingerprint density at radius 1 is 1.09 bits per heavy atom. The van der Waals surface area contributed by atoms with Gasteiger partial charge in [0.05, 0.1) is 10.9 Å². The van der Waals surface area contributed by atoms with Crippen molar-refractivity contribution in [3.63, 3.8) is 0 Å². The van der Waals surface area contributed by atoms with E-state index in [2.05, 4.69) is 22.4 Å². The first-order valence-corrected chi connectivity index (χ1v) is 13.0. The smallest absolute Gasteiger partial charge is 0.259 e. The van der Waals surface area contributed by atoms with Crippen LogP contribution in [0.15, 0.2) is 28.8 Å². The third-order valence-corrected chi connectivity index (χ3v) is 9.00. The van der Waals surface area contributed by atoms with E-state index < -0.39 is 0 Å². The number of carbonyl (C=O) groups is 1. The number of pyridine rings is 1. The normalized spacial score (nSPS) is 29.0. The zero-order valence-corrected chi connectivity index (χ0v) is 20.3. The molecule has 0 spiro atoms. The summed E-state index contributed by atoms with van der Waals surface area (Å²) >= 11 is 0. The predicted molar refractivity (Wildman–Crippen MR) is 130 cm³/mol. The second-order valence-corrected chi connectivity index (χ2v) is 11.3. The van der Waals surface area contributed by atoms with Crippen LogP contribution in [0.5, 0.6) is 11.5 Å². The molecule has 7 heteroatoms.